The van der Waals surface area contributed by atoms with Gasteiger partial charge in [-0.15, -0.1) is 0 Å². The number of pyridine rings is 1. The molecular formula is C27H24N4O5S2. The van der Waals surface area contributed by atoms with E-state index in [1.54, 1.807) is 48.7 Å². The standard InChI is InChI=1S/C27H24N4O5S2/c1-16-15-17(26(32)33)6-11-20(16)22-12-13-23(36-22)25-24(21-5-3-4-14-28-21)29-27(37)31(25)19-9-7-18(8-10-19)30-38(2,34)35/h3-15,24-25,30H,1-2H3,(H,29,37)(H,32,33)/t24-,25-/m0/s1. The van der Waals surface area contributed by atoms with Gasteiger partial charge in [-0.25, -0.2) is 13.2 Å². The molecule has 3 N–H and O–H groups in total. The molecule has 9 nitrogen and oxygen atoms in total. The van der Waals surface area contributed by atoms with Gasteiger partial charge in [0.15, 0.2) is 5.11 Å². The van der Waals surface area contributed by atoms with Crippen molar-refractivity contribution in [3.05, 3.63) is 102 Å². The molecule has 0 saturated carbocycles. The van der Waals surface area contributed by atoms with Gasteiger partial charge in [-0.3, -0.25) is 9.71 Å². The van der Waals surface area contributed by atoms with E-state index in [9.17, 15) is 18.3 Å². The highest BCUT2D eigenvalue weighted by molar-refractivity contribution is 7.92. The average Bonchev–Trinajstić information content (AvgIpc) is 3.48. The summed E-state index contributed by atoms with van der Waals surface area (Å²) in [6, 6.07) is 20.5. The van der Waals surface area contributed by atoms with Crippen LogP contribution < -0.4 is 14.9 Å². The molecule has 38 heavy (non-hydrogen) atoms. The van der Waals surface area contributed by atoms with Crippen LogP contribution in [0.5, 0.6) is 0 Å². The number of carboxylic acid groups (broad SMARTS) is 1. The van der Waals surface area contributed by atoms with Gasteiger partial charge in [0.25, 0.3) is 0 Å². The van der Waals surface area contributed by atoms with Crippen LogP contribution >= 0.6 is 12.2 Å². The van der Waals surface area contributed by atoms with Crippen molar-refractivity contribution in [3.8, 4) is 11.3 Å². The average molecular weight is 549 g/mol. The van der Waals surface area contributed by atoms with Gasteiger partial charge in [-0.05, 0) is 85.4 Å². The molecule has 0 unspecified atom stereocenters. The van der Waals surface area contributed by atoms with Crippen molar-refractivity contribution in [2.75, 3.05) is 15.9 Å². The van der Waals surface area contributed by atoms with Crippen LogP contribution in [-0.4, -0.2) is 35.8 Å². The summed E-state index contributed by atoms with van der Waals surface area (Å²) in [5.74, 6) is 0.236. The number of nitrogens with zero attached hydrogens (tertiary/aromatic N) is 2. The fourth-order valence-corrected chi connectivity index (χ4v) is 5.47. The summed E-state index contributed by atoms with van der Waals surface area (Å²) < 4.78 is 32.1. The number of hydrogen-bond donors (Lipinski definition) is 3. The number of aryl methyl sites for hydroxylation is 1. The first-order valence-corrected chi connectivity index (χ1v) is 13.9. The number of rotatable bonds is 7. The minimum atomic E-state index is -3.41. The normalized spacial score (nSPS) is 17.3. The number of anilines is 2. The summed E-state index contributed by atoms with van der Waals surface area (Å²) in [5.41, 5.74) is 3.72. The number of hydrogen-bond acceptors (Lipinski definition) is 6. The predicted molar refractivity (Wildman–Crippen MR) is 149 cm³/mol. The molecule has 0 radical (unpaired) electrons. The lowest BCUT2D eigenvalue weighted by molar-refractivity contribution is 0.0696. The first kappa shape index (κ1) is 25.4. The maximum absolute atomic E-state index is 11.6. The summed E-state index contributed by atoms with van der Waals surface area (Å²) in [6.45, 7) is 1.84. The molecule has 194 valence electrons. The molecule has 0 bridgehead atoms. The zero-order chi connectivity index (χ0) is 27.0. The Bertz CT molecular complexity index is 1620. The lowest BCUT2D eigenvalue weighted by atomic mass is 10.0. The van der Waals surface area contributed by atoms with Crippen LogP contribution in [0.15, 0.2) is 83.4 Å². The number of nitrogens with one attached hydrogen (secondary N) is 2. The molecule has 2 atom stereocenters. The summed E-state index contributed by atoms with van der Waals surface area (Å²) in [5, 5.41) is 13.1. The van der Waals surface area contributed by atoms with Crippen molar-refractivity contribution >= 4 is 44.7 Å². The van der Waals surface area contributed by atoms with Crippen molar-refractivity contribution in [1.82, 2.24) is 10.3 Å². The Morgan fingerprint density at radius 1 is 1.11 bits per heavy atom. The van der Waals surface area contributed by atoms with E-state index in [2.05, 4.69) is 15.0 Å². The predicted octanol–water partition coefficient (Wildman–Crippen LogP) is 4.90. The Hall–Kier alpha value is -4.22. The Labute approximate surface area is 225 Å². The number of thiocarbonyl (C=S) groups is 1. The van der Waals surface area contributed by atoms with Gasteiger partial charge >= 0.3 is 5.97 Å². The summed E-state index contributed by atoms with van der Waals surface area (Å²) in [4.78, 5) is 17.8. The molecule has 1 aliphatic heterocycles. The summed E-state index contributed by atoms with van der Waals surface area (Å²) in [7, 11) is -3.41. The van der Waals surface area contributed by atoms with Crippen LogP contribution in [0.2, 0.25) is 0 Å². The van der Waals surface area contributed by atoms with E-state index in [0.717, 1.165) is 28.8 Å². The SMILES string of the molecule is Cc1cc(C(=O)O)ccc1-c1ccc([C@H]2[C@H](c3ccccn3)NC(=S)N2c2ccc(NS(C)(=O)=O)cc2)o1. The Balaban J connectivity index is 1.55. The molecule has 2 aromatic carbocycles. The third-order valence-electron chi connectivity index (χ3n) is 6.20. The fourth-order valence-electron chi connectivity index (χ4n) is 4.56. The van der Waals surface area contributed by atoms with Crippen molar-refractivity contribution in [3.63, 3.8) is 0 Å². The monoisotopic (exact) mass is 548 g/mol. The highest BCUT2D eigenvalue weighted by Gasteiger charge is 2.42. The van der Waals surface area contributed by atoms with E-state index in [-0.39, 0.29) is 11.6 Å². The van der Waals surface area contributed by atoms with E-state index in [4.69, 9.17) is 16.6 Å². The van der Waals surface area contributed by atoms with Crippen LogP contribution in [0.3, 0.4) is 0 Å². The third kappa shape index (κ3) is 5.11. The van der Waals surface area contributed by atoms with Gasteiger partial charge in [0.05, 0.1) is 23.6 Å². The van der Waals surface area contributed by atoms with Gasteiger partial charge in [0.1, 0.15) is 17.6 Å². The van der Waals surface area contributed by atoms with E-state index < -0.39 is 22.0 Å². The molecule has 0 amide bonds. The van der Waals surface area contributed by atoms with Gasteiger partial charge in [0, 0.05) is 23.1 Å². The molecule has 5 rings (SSSR count). The first-order chi connectivity index (χ1) is 18.1. The molecular weight excluding hydrogens is 524 g/mol. The zero-order valence-electron chi connectivity index (χ0n) is 20.5. The topological polar surface area (TPSA) is 125 Å². The smallest absolute Gasteiger partial charge is 0.335 e. The van der Waals surface area contributed by atoms with Gasteiger partial charge in [-0.1, -0.05) is 12.1 Å². The van der Waals surface area contributed by atoms with Crippen molar-refractivity contribution in [1.29, 1.82) is 0 Å². The number of benzene rings is 2. The van der Waals surface area contributed by atoms with Gasteiger partial charge in [0.2, 0.25) is 10.0 Å². The number of carboxylic acids is 1. The summed E-state index contributed by atoms with van der Waals surface area (Å²) in [6.07, 6.45) is 2.81. The maximum atomic E-state index is 11.6. The molecule has 1 fully saturated rings. The van der Waals surface area contributed by atoms with Crippen LogP contribution in [0.4, 0.5) is 11.4 Å². The largest absolute Gasteiger partial charge is 0.478 e. The molecule has 11 heteroatoms. The first-order valence-electron chi connectivity index (χ1n) is 11.6. The van der Waals surface area contributed by atoms with Crippen molar-refractivity contribution < 1.29 is 22.7 Å². The Morgan fingerprint density at radius 3 is 2.50 bits per heavy atom. The third-order valence-corrected chi connectivity index (χ3v) is 7.12. The van der Waals surface area contributed by atoms with Crippen LogP contribution in [0.25, 0.3) is 11.3 Å². The number of sulfonamides is 1. The van der Waals surface area contributed by atoms with Crippen molar-refractivity contribution in [2.24, 2.45) is 0 Å². The molecule has 1 saturated heterocycles. The lowest BCUT2D eigenvalue weighted by Gasteiger charge is -2.26. The minimum absolute atomic E-state index is 0.207. The maximum Gasteiger partial charge on any atom is 0.335 e. The van der Waals surface area contributed by atoms with E-state index in [0.29, 0.717) is 22.3 Å². The Kier molecular flexibility index (Phi) is 6.64. The molecule has 0 spiro atoms. The van der Waals surface area contributed by atoms with E-state index in [1.807, 2.05) is 42.2 Å². The second-order valence-electron chi connectivity index (χ2n) is 8.95. The number of carbonyl (C=O) groups is 1. The molecule has 1 aliphatic rings. The Morgan fingerprint density at radius 2 is 1.87 bits per heavy atom. The number of aromatic nitrogens is 1. The second-order valence-corrected chi connectivity index (χ2v) is 11.1. The fraction of sp³-hybridized carbons (Fsp3) is 0.148. The van der Waals surface area contributed by atoms with Crippen LogP contribution in [0, 0.1) is 6.92 Å². The van der Waals surface area contributed by atoms with Crippen LogP contribution in [-0.2, 0) is 10.0 Å². The van der Waals surface area contributed by atoms with Gasteiger partial charge in [-0.2, -0.15) is 0 Å². The van der Waals surface area contributed by atoms with E-state index in [1.165, 1.54) is 0 Å². The molecule has 3 heterocycles. The van der Waals surface area contributed by atoms with E-state index >= 15 is 0 Å². The highest BCUT2D eigenvalue weighted by atomic mass is 32.2. The molecule has 0 aliphatic carbocycles. The number of aromatic carboxylic acids is 1. The second kappa shape index (κ2) is 9.92. The zero-order valence-corrected chi connectivity index (χ0v) is 22.1. The van der Waals surface area contributed by atoms with Crippen molar-refractivity contribution in [2.45, 2.75) is 19.0 Å². The molecule has 2 aromatic heterocycles. The van der Waals surface area contributed by atoms with Crippen LogP contribution in [0.1, 0.15) is 39.5 Å². The number of furan rings is 1. The quantitative estimate of drug-likeness (QED) is 0.277. The minimum Gasteiger partial charge on any atom is -0.478 e. The highest BCUT2D eigenvalue weighted by Crippen LogP contribution is 2.43. The lowest BCUT2D eigenvalue weighted by Crippen LogP contribution is -2.29. The van der Waals surface area contributed by atoms with Gasteiger partial charge < -0.3 is 19.7 Å². The summed E-state index contributed by atoms with van der Waals surface area (Å²) >= 11 is 5.74. The molecule has 4 aromatic rings.